The van der Waals surface area contributed by atoms with E-state index in [1.165, 1.54) is 64.5 Å². The number of hydrogen-bond acceptors (Lipinski definition) is 2. The Morgan fingerprint density at radius 2 is 1.59 bits per heavy atom. The predicted molar refractivity (Wildman–Crippen MR) is 168 cm³/mol. The van der Waals surface area contributed by atoms with Crippen LogP contribution in [0.25, 0.3) is 38.6 Å². The topological polar surface area (TPSA) is 4.93 Å². The van der Waals surface area contributed by atoms with Crippen molar-refractivity contribution in [1.82, 2.24) is 4.57 Å². The van der Waals surface area contributed by atoms with Crippen LogP contribution in [0.3, 0.4) is 0 Å². The Bertz CT molecular complexity index is 1970. The van der Waals surface area contributed by atoms with Crippen molar-refractivity contribution in [2.45, 2.75) is 33.3 Å². The summed E-state index contributed by atoms with van der Waals surface area (Å²) < 4.78 is 2.56. The summed E-state index contributed by atoms with van der Waals surface area (Å²) in [6.45, 7) is 0. The van der Waals surface area contributed by atoms with E-state index in [0.29, 0.717) is 17.1 Å². The van der Waals surface area contributed by atoms with Crippen LogP contribution in [-0.2, 0) is 0 Å². The second-order valence-corrected chi connectivity index (χ2v) is 13.1. The third-order valence-electron chi connectivity index (χ3n) is 8.73. The second-order valence-electron chi connectivity index (χ2n) is 10.8. The van der Waals surface area contributed by atoms with Gasteiger partial charge in [0.2, 0.25) is 0 Å². The van der Waals surface area contributed by atoms with Crippen LogP contribution in [-0.4, -0.2) is 9.82 Å². The Hall–Kier alpha value is -3.66. The van der Waals surface area contributed by atoms with Gasteiger partial charge in [-0.25, -0.2) is 0 Å². The van der Waals surface area contributed by atoms with Gasteiger partial charge in [-0.3, -0.25) is 0 Å². The first-order valence-electron chi connectivity index (χ1n) is 13.7. The van der Waals surface area contributed by atoms with Crippen LogP contribution in [0.1, 0.15) is 29.4 Å². The Balaban J connectivity index is 1.25. The van der Waals surface area contributed by atoms with E-state index < -0.39 is 0 Å². The second kappa shape index (κ2) is 8.42. The molecule has 3 heterocycles. The van der Waals surface area contributed by atoms with E-state index in [1.54, 1.807) is 0 Å². The highest BCUT2D eigenvalue weighted by Gasteiger charge is 2.33. The van der Waals surface area contributed by atoms with E-state index in [2.05, 4.69) is 126 Å². The molecule has 39 heavy (non-hydrogen) atoms. The molecule has 5 aromatic rings. The molecule has 3 heteroatoms. The summed E-state index contributed by atoms with van der Waals surface area (Å²) in [4.78, 5) is 4.30. The third kappa shape index (κ3) is 3.24. The molecule has 4 aliphatic rings. The lowest BCUT2D eigenvalue weighted by molar-refractivity contribution is 0.823. The minimum Gasteiger partial charge on any atom is -0.312 e. The Morgan fingerprint density at radius 1 is 0.718 bits per heavy atom. The quantitative estimate of drug-likeness (QED) is 0.222. The maximum atomic E-state index is 2.56. The molecule has 0 saturated carbocycles. The maximum Gasteiger partial charge on any atom is 0.0616 e. The first-order chi connectivity index (χ1) is 19.3. The number of benzene rings is 4. The molecule has 0 amide bonds. The molecule has 0 N–H and O–H groups in total. The molecule has 2 aliphatic heterocycles. The average Bonchev–Trinajstić information content (AvgIpc) is 3.66. The van der Waals surface area contributed by atoms with Gasteiger partial charge in [0, 0.05) is 48.9 Å². The number of aromatic nitrogens is 1. The Morgan fingerprint density at radius 3 is 2.59 bits per heavy atom. The number of rotatable bonds is 2. The number of hydrogen-bond donors (Lipinski definition) is 0. The van der Waals surface area contributed by atoms with Gasteiger partial charge in [-0.1, -0.05) is 96.7 Å². The molecular weight excluding hydrogens is 511 g/mol. The van der Waals surface area contributed by atoms with Gasteiger partial charge in [0.15, 0.2) is 0 Å². The van der Waals surface area contributed by atoms with Crippen molar-refractivity contribution in [2.24, 2.45) is 0 Å². The van der Waals surface area contributed by atoms with Crippen LogP contribution in [0.15, 0.2) is 136 Å². The van der Waals surface area contributed by atoms with Crippen molar-refractivity contribution in [3.05, 3.63) is 137 Å². The number of para-hydroxylation sites is 2. The summed E-state index contributed by atoms with van der Waals surface area (Å²) in [6.07, 6.45) is 14.9. The van der Waals surface area contributed by atoms with E-state index in [-0.39, 0.29) is 0 Å². The van der Waals surface area contributed by atoms with Crippen LogP contribution < -0.4 is 0 Å². The molecule has 9 rings (SSSR count). The number of fused-ring (bicyclic) bond motifs is 9. The van der Waals surface area contributed by atoms with Crippen molar-refractivity contribution in [2.75, 3.05) is 0 Å². The summed E-state index contributed by atoms with van der Waals surface area (Å²) in [5, 5.41) is 3.17. The smallest absolute Gasteiger partial charge is 0.0616 e. The molecule has 0 saturated heterocycles. The van der Waals surface area contributed by atoms with Gasteiger partial charge in [0.05, 0.1) is 11.0 Å². The molecule has 1 aromatic heterocycles. The molecule has 186 valence electrons. The highest BCUT2D eigenvalue weighted by Crippen LogP contribution is 2.54. The van der Waals surface area contributed by atoms with E-state index in [9.17, 15) is 0 Å². The summed E-state index contributed by atoms with van der Waals surface area (Å²) in [7, 11) is 0. The highest BCUT2D eigenvalue weighted by molar-refractivity contribution is 8.03. The highest BCUT2D eigenvalue weighted by atomic mass is 32.2. The van der Waals surface area contributed by atoms with E-state index in [4.69, 9.17) is 0 Å². The fourth-order valence-electron chi connectivity index (χ4n) is 6.96. The third-order valence-corrected chi connectivity index (χ3v) is 11.3. The molecule has 0 fully saturated rings. The molecular formula is C36H25NS2. The van der Waals surface area contributed by atoms with Crippen molar-refractivity contribution in [3.63, 3.8) is 0 Å². The van der Waals surface area contributed by atoms with Crippen molar-refractivity contribution < 1.29 is 0 Å². The van der Waals surface area contributed by atoms with Crippen molar-refractivity contribution in [3.8, 4) is 11.1 Å². The van der Waals surface area contributed by atoms with Crippen LogP contribution in [0.2, 0.25) is 0 Å². The van der Waals surface area contributed by atoms with Gasteiger partial charge in [-0.05, 0) is 64.4 Å². The molecule has 0 spiro atoms. The van der Waals surface area contributed by atoms with Crippen LogP contribution in [0, 0.1) is 0 Å². The zero-order valence-electron chi connectivity index (χ0n) is 21.2. The minimum atomic E-state index is 0.440. The standard InChI is InChI=1S/C36H25NS2/c1-4-13-31-25(8-1)28-12-7-11-24(22-16-18-34-29(20-22)26-9-2-5-14-32(26)38-34)36(28)37(31)23-17-19-35-30(21-23)27-10-3-6-15-33(27)39-35/h1-20,26,30,32H,21H2. The fourth-order valence-corrected chi connectivity index (χ4v) is 9.50. The van der Waals surface area contributed by atoms with Crippen molar-refractivity contribution in [1.29, 1.82) is 0 Å². The summed E-state index contributed by atoms with van der Waals surface area (Å²) >= 11 is 3.94. The van der Waals surface area contributed by atoms with Crippen LogP contribution in [0.4, 0.5) is 0 Å². The Labute approximate surface area is 236 Å². The zero-order chi connectivity index (χ0) is 25.5. The summed E-state index contributed by atoms with van der Waals surface area (Å²) in [5.41, 5.74) is 9.54. The van der Waals surface area contributed by atoms with Crippen LogP contribution in [0.5, 0.6) is 0 Å². The maximum absolute atomic E-state index is 2.56. The lowest BCUT2D eigenvalue weighted by atomic mass is 9.89. The lowest BCUT2D eigenvalue weighted by Gasteiger charge is -2.22. The van der Waals surface area contributed by atoms with E-state index in [1.807, 2.05) is 23.5 Å². The number of allylic oxidation sites excluding steroid dienone is 7. The average molecular weight is 536 g/mol. The molecule has 2 aliphatic carbocycles. The fraction of sp³-hybridized carbons (Fsp3) is 0.111. The van der Waals surface area contributed by atoms with Gasteiger partial charge in [-0.2, -0.15) is 0 Å². The summed E-state index contributed by atoms with van der Waals surface area (Å²) in [6, 6.07) is 31.9. The molecule has 0 bridgehead atoms. The monoisotopic (exact) mass is 535 g/mol. The zero-order valence-corrected chi connectivity index (χ0v) is 22.9. The molecule has 3 atom stereocenters. The van der Waals surface area contributed by atoms with Crippen molar-refractivity contribution >= 4 is 51.0 Å². The Kier molecular flexibility index (Phi) is 4.79. The molecule has 1 nitrogen and oxygen atoms in total. The lowest BCUT2D eigenvalue weighted by Crippen LogP contribution is -2.07. The van der Waals surface area contributed by atoms with Crippen LogP contribution >= 0.6 is 23.5 Å². The number of nitrogens with zero attached hydrogens (tertiary/aromatic N) is 1. The van der Waals surface area contributed by atoms with E-state index in [0.717, 1.165) is 6.42 Å². The van der Waals surface area contributed by atoms with Gasteiger partial charge in [0.25, 0.3) is 0 Å². The summed E-state index contributed by atoms with van der Waals surface area (Å²) in [5.74, 6) is 0.902. The first-order valence-corrected chi connectivity index (χ1v) is 15.4. The van der Waals surface area contributed by atoms with Gasteiger partial charge < -0.3 is 4.57 Å². The largest absolute Gasteiger partial charge is 0.312 e. The first kappa shape index (κ1) is 22.2. The SMILES string of the molecule is C1=CC2Sc3ccc(-c4cccc5c6ccccc6n(C6=CC=C7Sc8ccccc8C7C6)c45)cc3C2C=C1. The molecule has 0 radical (unpaired) electrons. The normalized spacial score (nSPS) is 22.4. The van der Waals surface area contributed by atoms with Gasteiger partial charge >= 0.3 is 0 Å². The molecule has 3 unspecified atom stereocenters. The molecule has 4 aromatic carbocycles. The van der Waals surface area contributed by atoms with Gasteiger partial charge in [0.1, 0.15) is 0 Å². The number of thioether (sulfide) groups is 2. The van der Waals surface area contributed by atoms with E-state index >= 15 is 0 Å². The predicted octanol–water partition coefficient (Wildman–Crippen LogP) is 10.2. The minimum absolute atomic E-state index is 0.440. The van der Waals surface area contributed by atoms with Gasteiger partial charge in [-0.15, -0.1) is 11.8 Å².